The molecule has 19 heavy (non-hydrogen) atoms. The summed E-state index contributed by atoms with van der Waals surface area (Å²) in [5.41, 5.74) is 1.80. The zero-order valence-electron chi connectivity index (χ0n) is 11.3. The van der Waals surface area contributed by atoms with Crippen molar-refractivity contribution in [2.24, 2.45) is 5.92 Å². The predicted molar refractivity (Wildman–Crippen MR) is 72.7 cm³/mol. The predicted octanol–water partition coefficient (Wildman–Crippen LogP) is 2.20. The van der Waals surface area contributed by atoms with Crippen molar-refractivity contribution in [3.63, 3.8) is 0 Å². The normalized spacial score (nSPS) is 22.4. The number of benzene rings is 1. The van der Waals surface area contributed by atoms with Crippen LogP contribution >= 0.6 is 0 Å². The van der Waals surface area contributed by atoms with Gasteiger partial charge in [-0.05, 0) is 37.3 Å². The van der Waals surface area contributed by atoms with E-state index in [1.807, 2.05) is 6.92 Å². The van der Waals surface area contributed by atoms with Crippen LogP contribution in [0.4, 0.5) is 4.39 Å². The van der Waals surface area contributed by atoms with E-state index < -0.39 is 5.82 Å². The molecule has 1 aromatic carbocycles. The minimum absolute atomic E-state index is 0.143. The number of aryl methyl sites for hydroxylation is 1. The quantitative estimate of drug-likeness (QED) is 0.878. The summed E-state index contributed by atoms with van der Waals surface area (Å²) < 4.78 is 13.7. The lowest BCUT2D eigenvalue weighted by molar-refractivity contribution is 0.152. The Morgan fingerprint density at radius 2 is 2.00 bits per heavy atom. The van der Waals surface area contributed by atoms with Crippen LogP contribution in [0.3, 0.4) is 0 Å². The third-order valence-electron chi connectivity index (χ3n) is 4.30. The second-order valence-electron chi connectivity index (χ2n) is 5.69. The van der Waals surface area contributed by atoms with Crippen molar-refractivity contribution in [3.8, 4) is 5.75 Å². The zero-order chi connectivity index (χ0) is 13.4. The smallest absolute Gasteiger partial charge is 0.165 e. The highest BCUT2D eigenvalue weighted by Gasteiger charge is 2.39. The number of nitrogens with zero attached hydrogens (tertiary/aromatic N) is 1. The standard InChI is InChI=1S/C15H21FN2O/c1-10-2-5-12(16)15(19)13(10)14(11-3-4-11)18-8-6-17-7-9-18/h2,5,11,14,17,19H,3-4,6-9H2,1H3/t14-/m0/s1. The highest BCUT2D eigenvalue weighted by molar-refractivity contribution is 5.43. The van der Waals surface area contributed by atoms with E-state index in [9.17, 15) is 9.50 Å². The molecule has 0 bridgehead atoms. The van der Waals surface area contributed by atoms with E-state index in [4.69, 9.17) is 0 Å². The molecule has 3 nitrogen and oxygen atoms in total. The fraction of sp³-hybridized carbons (Fsp3) is 0.600. The largest absolute Gasteiger partial charge is 0.505 e. The van der Waals surface area contributed by atoms with E-state index >= 15 is 0 Å². The third-order valence-corrected chi connectivity index (χ3v) is 4.30. The van der Waals surface area contributed by atoms with E-state index in [0.717, 1.165) is 37.3 Å². The molecule has 1 atom stereocenters. The Bertz CT molecular complexity index is 467. The molecule has 0 aromatic heterocycles. The summed E-state index contributed by atoms with van der Waals surface area (Å²) in [6.45, 7) is 5.84. The van der Waals surface area contributed by atoms with E-state index in [-0.39, 0.29) is 11.8 Å². The first-order valence-electron chi connectivity index (χ1n) is 7.11. The maximum absolute atomic E-state index is 13.7. The summed E-state index contributed by atoms with van der Waals surface area (Å²) in [4.78, 5) is 2.40. The number of phenols is 1. The summed E-state index contributed by atoms with van der Waals surface area (Å²) in [5, 5.41) is 13.5. The molecule has 2 N–H and O–H groups in total. The van der Waals surface area contributed by atoms with Crippen LogP contribution in [0.5, 0.6) is 5.75 Å². The van der Waals surface area contributed by atoms with Crippen molar-refractivity contribution in [2.45, 2.75) is 25.8 Å². The summed E-state index contributed by atoms with van der Waals surface area (Å²) in [7, 11) is 0. The molecule has 104 valence electrons. The van der Waals surface area contributed by atoms with Crippen molar-refractivity contribution in [2.75, 3.05) is 26.2 Å². The molecule has 0 spiro atoms. The number of hydrogen-bond acceptors (Lipinski definition) is 3. The van der Waals surface area contributed by atoms with E-state index in [1.54, 1.807) is 6.07 Å². The van der Waals surface area contributed by atoms with Gasteiger partial charge in [0.05, 0.1) is 0 Å². The van der Waals surface area contributed by atoms with Crippen molar-refractivity contribution in [1.82, 2.24) is 10.2 Å². The number of aromatic hydroxyl groups is 1. The van der Waals surface area contributed by atoms with E-state index in [1.165, 1.54) is 18.9 Å². The number of rotatable bonds is 3. The first-order chi connectivity index (χ1) is 9.18. The van der Waals surface area contributed by atoms with Gasteiger partial charge in [0, 0.05) is 37.8 Å². The zero-order valence-corrected chi connectivity index (χ0v) is 11.3. The lowest BCUT2D eigenvalue weighted by Gasteiger charge is -2.36. The number of phenolic OH excluding ortho intramolecular Hbond substituents is 1. The van der Waals surface area contributed by atoms with Crippen LogP contribution in [0.15, 0.2) is 12.1 Å². The number of halogens is 1. The van der Waals surface area contributed by atoms with Gasteiger partial charge in [0.25, 0.3) is 0 Å². The molecule has 2 aliphatic rings. The summed E-state index contributed by atoms with van der Waals surface area (Å²) in [6.07, 6.45) is 2.37. The Labute approximate surface area is 113 Å². The Morgan fingerprint density at radius 1 is 1.32 bits per heavy atom. The molecule has 1 heterocycles. The van der Waals surface area contributed by atoms with Gasteiger partial charge >= 0.3 is 0 Å². The van der Waals surface area contributed by atoms with E-state index in [0.29, 0.717) is 5.92 Å². The highest BCUT2D eigenvalue weighted by Crippen LogP contribution is 2.48. The van der Waals surface area contributed by atoms with Crippen LogP contribution in [0.2, 0.25) is 0 Å². The van der Waals surface area contributed by atoms with Crippen LogP contribution in [0.25, 0.3) is 0 Å². The minimum Gasteiger partial charge on any atom is -0.505 e. The van der Waals surface area contributed by atoms with Gasteiger partial charge in [-0.1, -0.05) is 6.07 Å². The molecule has 1 aliphatic heterocycles. The molecule has 0 unspecified atom stereocenters. The highest BCUT2D eigenvalue weighted by atomic mass is 19.1. The lowest BCUT2D eigenvalue weighted by Crippen LogP contribution is -2.45. The second kappa shape index (κ2) is 5.10. The molecule has 0 amide bonds. The molecule has 1 aliphatic carbocycles. The third kappa shape index (κ3) is 2.47. The fourth-order valence-corrected chi connectivity index (χ4v) is 3.14. The molecule has 1 aromatic rings. The topological polar surface area (TPSA) is 35.5 Å². The first kappa shape index (κ1) is 12.9. The van der Waals surface area contributed by atoms with Crippen molar-refractivity contribution < 1.29 is 9.50 Å². The van der Waals surface area contributed by atoms with Crippen LogP contribution in [0.1, 0.15) is 30.0 Å². The van der Waals surface area contributed by atoms with Crippen LogP contribution in [0, 0.1) is 18.7 Å². The number of piperazine rings is 1. The number of hydrogen-bond donors (Lipinski definition) is 2. The van der Waals surface area contributed by atoms with Gasteiger partial charge in [0.1, 0.15) is 0 Å². The van der Waals surface area contributed by atoms with Gasteiger partial charge in [0.2, 0.25) is 0 Å². The molecular weight excluding hydrogens is 243 g/mol. The van der Waals surface area contributed by atoms with Crippen LogP contribution in [-0.2, 0) is 0 Å². The lowest BCUT2D eigenvalue weighted by atomic mass is 9.94. The maximum Gasteiger partial charge on any atom is 0.165 e. The average molecular weight is 264 g/mol. The Morgan fingerprint density at radius 3 is 2.63 bits per heavy atom. The average Bonchev–Trinajstić information content (AvgIpc) is 3.24. The molecule has 0 radical (unpaired) electrons. The van der Waals surface area contributed by atoms with Gasteiger partial charge in [0.15, 0.2) is 11.6 Å². The van der Waals surface area contributed by atoms with E-state index in [2.05, 4.69) is 10.2 Å². The summed E-state index contributed by atoms with van der Waals surface area (Å²) >= 11 is 0. The van der Waals surface area contributed by atoms with Crippen LogP contribution < -0.4 is 5.32 Å². The molecule has 3 rings (SSSR count). The minimum atomic E-state index is -0.499. The fourth-order valence-electron chi connectivity index (χ4n) is 3.14. The molecule has 2 fully saturated rings. The van der Waals surface area contributed by atoms with Crippen LogP contribution in [-0.4, -0.2) is 36.2 Å². The molecule has 1 saturated carbocycles. The second-order valence-corrected chi connectivity index (χ2v) is 5.69. The van der Waals surface area contributed by atoms with Gasteiger partial charge < -0.3 is 10.4 Å². The van der Waals surface area contributed by atoms with Crippen molar-refractivity contribution in [3.05, 3.63) is 29.1 Å². The number of nitrogens with one attached hydrogen (secondary N) is 1. The summed E-state index contributed by atoms with van der Waals surface area (Å²) in [5.74, 6) is -0.0682. The Kier molecular flexibility index (Phi) is 3.46. The molecule has 1 saturated heterocycles. The summed E-state index contributed by atoms with van der Waals surface area (Å²) in [6, 6.07) is 3.32. The van der Waals surface area contributed by atoms with Gasteiger partial charge in [-0.3, -0.25) is 4.90 Å². The Balaban J connectivity index is 1.97. The van der Waals surface area contributed by atoms with Gasteiger partial charge in [-0.2, -0.15) is 0 Å². The first-order valence-corrected chi connectivity index (χ1v) is 7.11. The van der Waals surface area contributed by atoms with Crippen molar-refractivity contribution in [1.29, 1.82) is 0 Å². The van der Waals surface area contributed by atoms with Crippen molar-refractivity contribution >= 4 is 0 Å². The monoisotopic (exact) mass is 264 g/mol. The van der Waals surface area contributed by atoms with Gasteiger partial charge in [-0.25, -0.2) is 4.39 Å². The Hall–Kier alpha value is -1.13. The SMILES string of the molecule is Cc1ccc(F)c(O)c1[C@H](C1CC1)N1CCNCC1. The van der Waals surface area contributed by atoms with Gasteiger partial charge in [-0.15, -0.1) is 0 Å². The molecule has 4 heteroatoms. The molecular formula is C15H21FN2O. The maximum atomic E-state index is 13.7.